The van der Waals surface area contributed by atoms with Gasteiger partial charge in [-0.1, -0.05) is 5.46 Å². The Morgan fingerprint density at radius 1 is 1.00 bits per heavy atom. The molecule has 2 radical (unpaired) electrons. The molecule has 0 fully saturated rings. The molecular weight excluding hydrogens is 223 g/mol. The maximum Gasteiger partial charge on any atom is 0.433 e. The zero-order valence-electron chi connectivity index (χ0n) is 6.95. The van der Waals surface area contributed by atoms with Crippen LogP contribution in [-0.4, -0.2) is 12.8 Å². The molecule has 0 aliphatic rings. The number of aromatic nitrogens is 1. The van der Waals surface area contributed by atoms with Crippen LogP contribution in [0.4, 0.5) is 26.3 Å². The number of halogens is 6. The maximum atomic E-state index is 12.1. The van der Waals surface area contributed by atoms with Gasteiger partial charge in [-0.3, -0.25) is 4.98 Å². The molecule has 1 nitrogen and oxygen atoms in total. The number of alkyl halides is 6. The van der Waals surface area contributed by atoms with Crippen molar-refractivity contribution in [3.63, 3.8) is 0 Å². The van der Waals surface area contributed by atoms with Gasteiger partial charge in [0, 0.05) is 6.20 Å². The van der Waals surface area contributed by atoms with Crippen molar-refractivity contribution >= 4 is 13.3 Å². The molecule has 15 heavy (non-hydrogen) atoms. The Morgan fingerprint density at radius 3 is 1.93 bits per heavy atom. The van der Waals surface area contributed by atoms with Crippen molar-refractivity contribution in [3.05, 3.63) is 23.5 Å². The Labute approximate surface area is 81.5 Å². The predicted molar refractivity (Wildman–Crippen MR) is 39.6 cm³/mol. The highest BCUT2D eigenvalue weighted by Gasteiger charge is 2.38. The summed E-state index contributed by atoms with van der Waals surface area (Å²) in [6.07, 6.45) is -9.51. The third kappa shape index (κ3) is 2.63. The highest BCUT2D eigenvalue weighted by Crippen LogP contribution is 2.32. The molecule has 0 aromatic carbocycles. The van der Waals surface area contributed by atoms with Crippen LogP contribution in [0.15, 0.2) is 12.3 Å². The second-order valence-electron chi connectivity index (χ2n) is 2.65. The Kier molecular flexibility index (Phi) is 2.71. The van der Waals surface area contributed by atoms with Gasteiger partial charge >= 0.3 is 12.4 Å². The van der Waals surface area contributed by atoms with Crippen LogP contribution >= 0.6 is 0 Å². The van der Waals surface area contributed by atoms with Crippen LogP contribution in [0.3, 0.4) is 0 Å². The molecular formula is C7H2BF6N. The summed E-state index contributed by atoms with van der Waals surface area (Å²) in [7, 11) is 4.87. The van der Waals surface area contributed by atoms with Crippen LogP contribution in [0.5, 0.6) is 0 Å². The van der Waals surface area contributed by atoms with E-state index in [-0.39, 0.29) is 6.07 Å². The number of rotatable bonds is 0. The highest BCUT2D eigenvalue weighted by atomic mass is 19.4. The fraction of sp³-hybridized carbons (Fsp3) is 0.286. The van der Waals surface area contributed by atoms with Crippen molar-refractivity contribution in [3.8, 4) is 0 Å². The zero-order chi connectivity index (χ0) is 11.9. The van der Waals surface area contributed by atoms with E-state index in [2.05, 4.69) is 4.98 Å². The molecule has 0 amide bonds. The van der Waals surface area contributed by atoms with Crippen molar-refractivity contribution < 1.29 is 26.3 Å². The first-order valence-corrected chi connectivity index (χ1v) is 3.52. The molecule has 0 aliphatic carbocycles. The van der Waals surface area contributed by atoms with E-state index in [1.54, 1.807) is 0 Å². The minimum absolute atomic E-state index is 0.116. The molecule has 1 aromatic rings. The van der Waals surface area contributed by atoms with Crippen LogP contribution in [0.1, 0.15) is 11.3 Å². The van der Waals surface area contributed by atoms with Gasteiger partial charge in [0.1, 0.15) is 13.5 Å². The molecule has 0 saturated heterocycles. The van der Waals surface area contributed by atoms with E-state index < -0.39 is 29.1 Å². The molecule has 0 atom stereocenters. The number of hydrogen-bond donors (Lipinski definition) is 0. The summed E-state index contributed by atoms with van der Waals surface area (Å²) >= 11 is 0. The minimum Gasteiger partial charge on any atom is -0.252 e. The molecule has 1 heterocycles. The Morgan fingerprint density at radius 2 is 1.53 bits per heavy atom. The Hall–Kier alpha value is -1.21. The first kappa shape index (κ1) is 11.9. The second-order valence-corrected chi connectivity index (χ2v) is 2.65. The monoisotopic (exact) mass is 225 g/mol. The summed E-state index contributed by atoms with van der Waals surface area (Å²) in [5.74, 6) is 0. The number of nitrogens with zero attached hydrogens (tertiary/aromatic N) is 1. The van der Waals surface area contributed by atoms with Gasteiger partial charge in [0.25, 0.3) is 0 Å². The van der Waals surface area contributed by atoms with E-state index in [9.17, 15) is 26.3 Å². The molecule has 1 aromatic heterocycles. The van der Waals surface area contributed by atoms with Gasteiger partial charge in [0.2, 0.25) is 0 Å². The summed E-state index contributed by atoms with van der Waals surface area (Å²) in [6.45, 7) is 0. The molecule has 0 aliphatic heterocycles. The quantitative estimate of drug-likeness (QED) is 0.485. The maximum absolute atomic E-state index is 12.1. The van der Waals surface area contributed by atoms with E-state index in [0.29, 0.717) is 6.20 Å². The SMILES string of the molecule is [B]c1cnc(C(F)(F)F)cc1C(F)(F)F. The molecule has 0 N–H and O–H groups in total. The lowest BCUT2D eigenvalue weighted by Gasteiger charge is -2.12. The molecule has 0 spiro atoms. The lowest BCUT2D eigenvalue weighted by molar-refractivity contribution is -0.145. The van der Waals surface area contributed by atoms with E-state index in [0.717, 1.165) is 0 Å². The summed E-state index contributed by atoms with van der Waals surface area (Å²) in [5, 5.41) is 0. The van der Waals surface area contributed by atoms with E-state index in [1.807, 2.05) is 0 Å². The normalized spacial score (nSPS) is 12.9. The summed E-state index contributed by atoms with van der Waals surface area (Å²) in [6, 6.07) is -0.116. The average molecular weight is 225 g/mol. The first-order valence-electron chi connectivity index (χ1n) is 3.52. The van der Waals surface area contributed by atoms with Gasteiger partial charge in [0.15, 0.2) is 0 Å². The van der Waals surface area contributed by atoms with Crippen LogP contribution in [-0.2, 0) is 12.4 Å². The van der Waals surface area contributed by atoms with Crippen molar-refractivity contribution in [2.45, 2.75) is 12.4 Å². The van der Waals surface area contributed by atoms with Crippen molar-refractivity contribution in [2.75, 3.05) is 0 Å². The van der Waals surface area contributed by atoms with Gasteiger partial charge in [-0.2, -0.15) is 26.3 Å². The molecule has 8 heteroatoms. The van der Waals surface area contributed by atoms with Gasteiger partial charge in [-0.25, -0.2) is 0 Å². The Bertz CT molecular complexity index is 369. The zero-order valence-corrected chi connectivity index (χ0v) is 6.95. The number of hydrogen-bond acceptors (Lipinski definition) is 1. The molecule has 80 valence electrons. The first-order chi connectivity index (χ1) is 6.62. The smallest absolute Gasteiger partial charge is 0.252 e. The van der Waals surface area contributed by atoms with Crippen molar-refractivity contribution in [1.82, 2.24) is 4.98 Å². The molecule has 1 rings (SSSR count). The Balaban J connectivity index is 3.30. The molecule has 0 bridgehead atoms. The predicted octanol–water partition coefficient (Wildman–Crippen LogP) is 1.91. The third-order valence-electron chi connectivity index (χ3n) is 1.53. The van der Waals surface area contributed by atoms with Crippen LogP contribution in [0.25, 0.3) is 0 Å². The topological polar surface area (TPSA) is 12.9 Å². The van der Waals surface area contributed by atoms with E-state index in [4.69, 9.17) is 7.85 Å². The van der Waals surface area contributed by atoms with Gasteiger partial charge in [0.05, 0.1) is 5.56 Å². The van der Waals surface area contributed by atoms with E-state index in [1.165, 1.54) is 0 Å². The lowest BCUT2D eigenvalue weighted by Crippen LogP contribution is -2.23. The average Bonchev–Trinajstić information content (AvgIpc) is 2.00. The molecule has 0 saturated carbocycles. The van der Waals surface area contributed by atoms with Gasteiger partial charge in [-0.15, -0.1) is 0 Å². The fourth-order valence-corrected chi connectivity index (χ4v) is 0.866. The van der Waals surface area contributed by atoms with Gasteiger partial charge < -0.3 is 0 Å². The van der Waals surface area contributed by atoms with Crippen LogP contribution in [0, 0.1) is 0 Å². The van der Waals surface area contributed by atoms with Gasteiger partial charge in [-0.05, 0) is 6.07 Å². The number of pyridine rings is 1. The standard InChI is InChI=1S/C7H2BF6N/c8-4-2-15-5(7(12,13)14)1-3(4)6(9,10)11/h1-2H. The lowest BCUT2D eigenvalue weighted by atomic mass is 9.92. The van der Waals surface area contributed by atoms with Crippen LogP contribution < -0.4 is 5.46 Å². The highest BCUT2D eigenvalue weighted by molar-refractivity contribution is 6.33. The summed E-state index contributed by atoms with van der Waals surface area (Å²) in [4.78, 5) is 2.77. The van der Waals surface area contributed by atoms with E-state index >= 15 is 0 Å². The third-order valence-corrected chi connectivity index (χ3v) is 1.53. The van der Waals surface area contributed by atoms with Crippen LogP contribution in [0.2, 0.25) is 0 Å². The van der Waals surface area contributed by atoms with Crippen molar-refractivity contribution in [1.29, 1.82) is 0 Å². The molecule has 0 unspecified atom stereocenters. The largest absolute Gasteiger partial charge is 0.433 e. The summed E-state index contributed by atoms with van der Waals surface area (Å²) in [5.41, 5.74) is -4.00. The minimum atomic E-state index is -4.92. The second kappa shape index (κ2) is 3.43. The fourth-order valence-electron chi connectivity index (χ4n) is 0.866. The summed E-state index contributed by atoms with van der Waals surface area (Å²) < 4.78 is 72.5. The van der Waals surface area contributed by atoms with Crippen molar-refractivity contribution in [2.24, 2.45) is 0 Å².